The standard InChI is InChI=1S/C19H17N5O4/c1-13-10-14(2)22(15-6-4-3-5-7-15)19(13)12-20-21-17-9-8-16(23(25)26)11-18(17)24(27)28/h3-12,21H,1-2H3/b20-12+. The third-order valence-corrected chi connectivity index (χ3v) is 4.20. The molecule has 1 heterocycles. The number of hydrogen-bond donors (Lipinski definition) is 1. The molecule has 9 nitrogen and oxygen atoms in total. The predicted octanol–water partition coefficient (Wildman–Crippen LogP) is 4.36. The summed E-state index contributed by atoms with van der Waals surface area (Å²) < 4.78 is 2.02. The predicted molar refractivity (Wildman–Crippen MR) is 106 cm³/mol. The summed E-state index contributed by atoms with van der Waals surface area (Å²) in [6.45, 7) is 3.92. The van der Waals surface area contributed by atoms with Crippen LogP contribution < -0.4 is 5.43 Å². The average Bonchev–Trinajstić information content (AvgIpc) is 2.95. The third-order valence-electron chi connectivity index (χ3n) is 4.20. The van der Waals surface area contributed by atoms with Crippen molar-refractivity contribution in [1.82, 2.24) is 4.57 Å². The number of nitrogens with one attached hydrogen (secondary N) is 1. The number of hydrogen-bond acceptors (Lipinski definition) is 6. The maximum absolute atomic E-state index is 11.2. The number of benzene rings is 2. The summed E-state index contributed by atoms with van der Waals surface area (Å²) in [6, 6.07) is 15.1. The number of nitrogens with zero attached hydrogens (tertiary/aromatic N) is 4. The molecule has 3 aromatic rings. The van der Waals surface area contributed by atoms with Gasteiger partial charge in [-0.2, -0.15) is 5.10 Å². The van der Waals surface area contributed by atoms with E-state index in [9.17, 15) is 20.2 Å². The molecule has 0 bridgehead atoms. The van der Waals surface area contributed by atoms with Gasteiger partial charge in [-0.3, -0.25) is 25.7 Å². The number of aromatic nitrogens is 1. The summed E-state index contributed by atoms with van der Waals surface area (Å²) in [4.78, 5) is 20.7. The molecule has 0 spiro atoms. The van der Waals surface area contributed by atoms with Crippen LogP contribution in [0, 0.1) is 34.1 Å². The molecule has 0 atom stereocenters. The van der Waals surface area contributed by atoms with Crippen LogP contribution in [0.1, 0.15) is 17.0 Å². The Morgan fingerprint density at radius 2 is 1.71 bits per heavy atom. The molecule has 0 fully saturated rings. The first-order valence-electron chi connectivity index (χ1n) is 8.34. The highest BCUT2D eigenvalue weighted by atomic mass is 16.6. The highest BCUT2D eigenvalue weighted by molar-refractivity contribution is 5.82. The molecule has 0 radical (unpaired) electrons. The van der Waals surface area contributed by atoms with Gasteiger partial charge in [-0.15, -0.1) is 0 Å². The number of aryl methyl sites for hydroxylation is 2. The van der Waals surface area contributed by atoms with Gasteiger partial charge in [-0.1, -0.05) is 18.2 Å². The first-order valence-corrected chi connectivity index (χ1v) is 8.34. The molecule has 2 aromatic carbocycles. The van der Waals surface area contributed by atoms with Gasteiger partial charge in [0.15, 0.2) is 0 Å². The molecule has 0 saturated carbocycles. The van der Waals surface area contributed by atoms with E-state index in [2.05, 4.69) is 10.5 Å². The van der Waals surface area contributed by atoms with Gasteiger partial charge in [0.1, 0.15) is 5.69 Å². The lowest BCUT2D eigenvalue weighted by Gasteiger charge is -2.09. The van der Waals surface area contributed by atoms with E-state index in [1.807, 2.05) is 54.8 Å². The molecule has 28 heavy (non-hydrogen) atoms. The Kier molecular flexibility index (Phi) is 5.16. The van der Waals surface area contributed by atoms with Gasteiger partial charge in [0.05, 0.1) is 27.8 Å². The van der Waals surface area contributed by atoms with Crippen LogP contribution in [0.3, 0.4) is 0 Å². The molecule has 1 aromatic heterocycles. The number of nitro groups is 2. The van der Waals surface area contributed by atoms with E-state index in [0.717, 1.165) is 28.7 Å². The zero-order chi connectivity index (χ0) is 20.3. The molecule has 1 N–H and O–H groups in total. The summed E-state index contributed by atoms with van der Waals surface area (Å²) >= 11 is 0. The summed E-state index contributed by atoms with van der Waals surface area (Å²) in [5.41, 5.74) is 5.71. The van der Waals surface area contributed by atoms with E-state index in [1.165, 1.54) is 12.1 Å². The topological polar surface area (TPSA) is 116 Å². The fourth-order valence-corrected chi connectivity index (χ4v) is 2.94. The minimum atomic E-state index is -0.688. The smallest absolute Gasteiger partial charge is 0.301 e. The fraction of sp³-hybridized carbons (Fsp3) is 0.105. The van der Waals surface area contributed by atoms with Crippen molar-refractivity contribution in [3.8, 4) is 5.69 Å². The zero-order valence-electron chi connectivity index (χ0n) is 15.2. The first kappa shape index (κ1) is 18.8. The lowest BCUT2D eigenvalue weighted by molar-refractivity contribution is -0.393. The molecular formula is C19H17N5O4. The molecule has 3 rings (SSSR count). The summed E-state index contributed by atoms with van der Waals surface area (Å²) in [5, 5.41) is 26.2. The number of para-hydroxylation sites is 1. The highest BCUT2D eigenvalue weighted by Crippen LogP contribution is 2.29. The molecule has 9 heteroatoms. The summed E-state index contributed by atoms with van der Waals surface area (Å²) in [5.74, 6) is 0. The van der Waals surface area contributed by atoms with Gasteiger partial charge in [-0.05, 0) is 43.7 Å². The maximum atomic E-state index is 11.2. The SMILES string of the molecule is Cc1cc(C)n(-c2ccccc2)c1/C=N/Nc1ccc([N+](=O)[O-])cc1[N+](=O)[O-]. The number of non-ortho nitro benzene ring substituents is 1. The van der Waals surface area contributed by atoms with Gasteiger partial charge in [0.2, 0.25) is 0 Å². The van der Waals surface area contributed by atoms with Crippen LogP contribution in [0.15, 0.2) is 59.7 Å². The van der Waals surface area contributed by atoms with E-state index in [-0.39, 0.29) is 11.4 Å². The maximum Gasteiger partial charge on any atom is 0.301 e. The minimum Gasteiger partial charge on any atom is -0.313 e. The van der Waals surface area contributed by atoms with E-state index >= 15 is 0 Å². The van der Waals surface area contributed by atoms with Crippen molar-refractivity contribution in [2.24, 2.45) is 5.10 Å². The van der Waals surface area contributed by atoms with Crippen LogP contribution in [0.4, 0.5) is 17.1 Å². The second kappa shape index (κ2) is 7.70. The monoisotopic (exact) mass is 379 g/mol. The Morgan fingerprint density at radius 1 is 1.00 bits per heavy atom. The van der Waals surface area contributed by atoms with Crippen molar-refractivity contribution in [3.05, 3.63) is 91.8 Å². The van der Waals surface area contributed by atoms with Gasteiger partial charge >= 0.3 is 5.69 Å². The minimum absolute atomic E-state index is 0.0686. The van der Waals surface area contributed by atoms with Crippen LogP contribution in [0.2, 0.25) is 0 Å². The molecule has 142 valence electrons. The van der Waals surface area contributed by atoms with Crippen molar-refractivity contribution in [3.63, 3.8) is 0 Å². The van der Waals surface area contributed by atoms with Gasteiger partial charge in [0.25, 0.3) is 5.69 Å². The van der Waals surface area contributed by atoms with Crippen molar-refractivity contribution in [2.75, 3.05) is 5.43 Å². The van der Waals surface area contributed by atoms with Gasteiger partial charge in [0, 0.05) is 17.4 Å². The van der Waals surface area contributed by atoms with E-state index in [1.54, 1.807) is 6.21 Å². The largest absolute Gasteiger partial charge is 0.313 e. The van der Waals surface area contributed by atoms with Crippen molar-refractivity contribution >= 4 is 23.3 Å². The van der Waals surface area contributed by atoms with E-state index in [4.69, 9.17) is 0 Å². The van der Waals surface area contributed by atoms with E-state index < -0.39 is 15.5 Å². The van der Waals surface area contributed by atoms with Crippen molar-refractivity contribution in [2.45, 2.75) is 13.8 Å². The van der Waals surface area contributed by atoms with E-state index in [0.29, 0.717) is 0 Å². The van der Waals surface area contributed by atoms with Crippen LogP contribution >= 0.6 is 0 Å². The lowest BCUT2D eigenvalue weighted by Crippen LogP contribution is -2.04. The summed E-state index contributed by atoms with van der Waals surface area (Å²) in [6.07, 6.45) is 1.57. The lowest BCUT2D eigenvalue weighted by atomic mass is 10.2. The molecular weight excluding hydrogens is 362 g/mol. The van der Waals surface area contributed by atoms with Crippen LogP contribution in [-0.4, -0.2) is 20.6 Å². The van der Waals surface area contributed by atoms with Gasteiger partial charge < -0.3 is 4.57 Å². The molecule has 0 aliphatic carbocycles. The Hall–Kier alpha value is -4.01. The van der Waals surface area contributed by atoms with Crippen LogP contribution in [-0.2, 0) is 0 Å². The molecule has 0 aliphatic heterocycles. The first-order chi connectivity index (χ1) is 13.4. The molecule has 0 unspecified atom stereocenters. The Morgan fingerprint density at radius 3 is 2.36 bits per heavy atom. The second-order valence-electron chi connectivity index (χ2n) is 6.11. The highest BCUT2D eigenvalue weighted by Gasteiger charge is 2.19. The van der Waals surface area contributed by atoms with Gasteiger partial charge in [-0.25, -0.2) is 0 Å². The van der Waals surface area contributed by atoms with Crippen LogP contribution in [0.25, 0.3) is 5.69 Å². The zero-order valence-corrected chi connectivity index (χ0v) is 15.2. The third kappa shape index (κ3) is 3.73. The number of anilines is 1. The second-order valence-corrected chi connectivity index (χ2v) is 6.11. The molecule has 0 saturated heterocycles. The molecule has 0 amide bonds. The number of rotatable bonds is 6. The summed E-state index contributed by atoms with van der Waals surface area (Å²) in [7, 11) is 0. The molecule has 0 aliphatic rings. The van der Waals surface area contributed by atoms with Crippen molar-refractivity contribution in [1.29, 1.82) is 0 Å². The normalized spacial score (nSPS) is 10.9. The fourth-order valence-electron chi connectivity index (χ4n) is 2.94. The van der Waals surface area contributed by atoms with Crippen molar-refractivity contribution < 1.29 is 9.85 Å². The average molecular weight is 379 g/mol. The Bertz CT molecular complexity index is 1070. The quantitative estimate of drug-likeness (QED) is 0.388. The Balaban J connectivity index is 1.93. The Labute approximate surface area is 160 Å². The number of hydrazone groups is 1. The number of nitro benzene ring substituents is 2. The van der Waals surface area contributed by atoms with Crippen LogP contribution in [0.5, 0.6) is 0 Å².